The Morgan fingerprint density at radius 2 is 1.80 bits per heavy atom. The zero-order valence-corrected chi connectivity index (χ0v) is 8.68. The van der Waals surface area contributed by atoms with Crippen LogP contribution in [-0.4, -0.2) is 39.3 Å². The first-order valence-corrected chi connectivity index (χ1v) is 3.04. The molecule has 0 aromatic heterocycles. The average molecular weight is 210 g/mol. The number of ether oxygens (including phenoxy) is 1. The van der Waals surface area contributed by atoms with Crippen molar-refractivity contribution in [1.29, 1.82) is 0 Å². The number of nitrogens with zero attached hydrogens (tertiary/aromatic N) is 1. The maximum atomic E-state index is 4.84. The molecule has 0 amide bonds. The molecule has 0 aromatic rings. The van der Waals surface area contributed by atoms with Gasteiger partial charge in [-0.2, -0.15) is 0 Å². The molecule has 0 aromatic carbocycles. The second kappa shape index (κ2) is 5.89. The Labute approximate surface area is 73.8 Å². The van der Waals surface area contributed by atoms with E-state index >= 15 is 0 Å². The first-order valence-electron chi connectivity index (χ1n) is 3.04. The molecule has 10 heavy (non-hydrogen) atoms. The van der Waals surface area contributed by atoms with Gasteiger partial charge in [0, 0.05) is 7.11 Å². The molecule has 0 aliphatic rings. The largest absolute Gasteiger partial charge is 1.00 e. The molecule has 0 aliphatic carbocycles. The van der Waals surface area contributed by atoms with E-state index < -0.39 is 0 Å². The summed E-state index contributed by atoms with van der Waals surface area (Å²) in [6.07, 6.45) is 4.10. The summed E-state index contributed by atoms with van der Waals surface area (Å²) in [5, 5.41) is 0. The second-order valence-electron chi connectivity index (χ2n) is 2.96. The summed E-state index contributed by atoms with van der Waals surface area (Å²) in [6.45, 7) is 0.704. The molecule has 2 nitrogen and oxygen atoms in total. The SMILES string of the molecule is COCC=C[N+](C)(C)C.[Br-]. The molecule has 0 saturated heterocycles. The number of methoxy groups -OCH3 is 1. The third-order valence-corrected chi connectivity index (χ3v) is 0.816. The first-order chi connectivity index (χ1) is 4.06. The summed E-state index contributed by atoms with van der Waals surface area (Å²) in [7, 11) is 8.00. The maximum absolute atomic E-state index is 4.84. The van der Waals surface area contributed by atoms with Crippen LogP contribution in [0, 0.1) is 0 Å². The van der Waals surface area contributed by atoms with E-state index in [0.717, 1.165) is 4.48 Å². The monoisotopic (exact) mass is 209 g/mol. The lowest BCUT2D eigenvalue weighted by Crippen LogP contribution is -3.00. The molecular formula is C7H16BrNO. The number of quaternary nitrogens is 1. The van der Waals surface area contributed by atoms with E-state index in [1.165, 1.54) is 0 Å². The molecule has 0 spiro atoms. The molecule has 0 fully saturated rings. The minimum Gasteiger partial charge on any atom is -1.00 e. The van der Waals surface area contributed by atoms with Crippen LogP contribution in [0.15, 0.2) is 12.3 Å². The van der Waals surface area contributed by atoms with E-state index in [1.807, 2.05) is 6.08 Å². The Balaban J connectivity index is 0. The second-order valence-corrected chi connectivity index (χ2v) is 2.96. The van der Waals surface area contributed by atoms with Gasteiger partial charge in [-0.1, -0.05) is 0 Å². The van der Waals surface area contributed by atoms with Crippen molar-refractivity contribution in [3.63, 3.8) is 0 Å². The van der Waals surface area contributed by atoms with Crippen LogP contribution in [0.25, 0.3) is 0 Å². The highest BCUT2D eigenvalue weighted by Gasteiger charge is 1.97. The molecule has 3 heteroatoms. The highest BCUT2D eigenvalue weighted by molar-refractivity contribution is 4.71. The van der Waals surface area contributed by atoms with Crippen LogP contribution < -0.4 is 17.0 Å². The summed E-state index contributed by atoms with van der Waals surface area (Å²) in [4.78, 5) is 0. The fourth-order valence-corrected chi connectivity index (χ4v) is 0.455. The van der Waals surface area contributed by atoms with Crippen molar-refractivity contribution in [2.24, 2.45) is 0 Å². The zero-order valence-electron chi connectivity index (χ0n) is 7.10. The molecule has 0 unspecified atom stereocenters. The smallest absolute Gasteiger partial charge is 0.0934 e. The van der Waals surface area contributed by atoms with Gasteiger partial charge in [-0.05, 0) is 6.08 Å². The molecule has 0 N–H and O–H groups in total. The lowest BCUT2D eigenvalue weighted by Gasteiger charge is -2.16. The summed E-state index contributed by atoms with van der Waals surface area (Å²) in [6, 6.07) is 0. The Morgan fingerprint density at radius 3 is 2.10 bits per heavy atom. The minimum absolute atomic E-state index is 0. The Morgan fingerprint density at radius 1 is 1.30 bits per heavy atom. The van der Waals surface area contributed by atoms with Crippen molar-refractivity contribution >= 4 is 0 Å². The normalized spacial score (nSPS) is 11.6. The van der Waals surface area contributed by atoms with Crippen molar-refractivity contribution in [2.75, 3.05) is 34.9 Å². The van der Waals surface area contributed by atoms with Crippen molar-refractivity contribution in [2.45, 2.75) is 0 Å². The van der Waals surface area contributed by atoms with E-state index in [1.54, 1.807) is 7.11 Å². The van der Waals surface area contributed by atoms with Crippen LogP contribution in [0.5, 0.6) is 0 Å². The van der Waals surface area contributed by atoms with Gasteiger partial charge in [0.1, 0.15) is 0 Å². The van der Waals surface area contributed by atoms with Gasteiger partial charge in [-0.25, -0.2) is 0 Å². The molecular weight excluding hydrogens is 194 g/mol. The fourth-order valence-electron chi connectivity index (χ4n) is 0.455. The lowest BCUT2D eigenvalue weighted by molar-refractivity contribution is -0.817. The van der Waals surface area contributed by atoms with Gasteiger partial charge in [0.15, 0.2) is 0 Å². The van der Waals surface area contributed by atoms with E-state index in [2.05, 4.69) is 27.3 Å². The number of halogens is 1. The van der Waals surface area contributed by atoms with Crippen molar-refractivity contribution in [3.8, 4) is 0 Å². The van der Waals surface area contributed by atoms with E-state index in [-0.39, 0.29) is 17.0 Å². The van der Waals surface area contributed by atoms with Gasteiger partial charge in [0.25, 0.3) is 0 Å². The maximum Gasteiger partial charge on any atom is 0.0934 e. The predicted octanol–water partition coefficient (Wildman–Crippen LogP) is -2.14. The lowest BCUT2D eigenvalue weighted by atomic mass is 10.5. The average Bonchev–Trinajstić information content (AvgIpc) is 1.63. The summed E-state index contributed by atoms with van der Waals surface area (Å²) in [5.41, 5.74) is 0. The Bertz CT molecular complexity index is 96.3. The van der Waals surface area contributed by atoms with Crippen LogP contribution in [0.3, 0.4) is 0 Å². The van der Waals surface area contributed by atoms with Crippen molar-refractivity contribution in [3.05, 3.63) is 12.3 Å². The van der Waals surface area contributed by atoms with E-state index in [4.69, 9.17) is 4.74 Å². The molecule has 0 bridgehead atoms. The Hall–Kier alpha value is 0.140. The topological polar surface area (TPSA) is 9.23 Å². The van der Waals surface area contributed by atoms with E-state index in [9.17, 15) is 0 Å². The van der Waals surface area contributed by atoms with Crippen LogP contribution in [0.2, 0.25) is 0 Å². The summed E-state index contributed by atoms with van der Waals surface area (Å²) in [5.74, 6) is 0. The molecule has 62 valence electrons. The first kappa shape index (κ1) is 12.8. The molecule has 0 rings (SSSR count). The number of rotatable bonds is 3. The zero-order chi connectivity index (χ0) is 7.33. The molecule has 0 heterocycles. The van der Waals surface area contributed by atoms with Crippen LogP contribution >= 0.6 is 0 Å². The van der Waals surface area contributed by atoms with Gasteiger partial charge in [0.2, 0.25) is 0 Å². The highest BCUT2D eigenvalue weighted by Crippen LogP contribution is 1.90. The van der Waals surface area contributed by atoms with Gasteiger partial charge >= 0.3 is 0 Å². The highest BCUT2D eigenvalue weighted by atomic mass is 79.9. The quantitative estimate of drug-likeness (QED) is 0.483. The van der Waals surface area contributed by atoms with Gasteiger partial charge < -0.3 is 26.2 Å². The minimum atomic E-state index is 0. The Kier molecular flexibility index (Phi) is 7.53. The summed E-state index contributed by atoms with van der Waals surface area (Å²) < 4.78 is 5.69. The third kappa shape index (κ3) is 11.0. The van der Waals surface area contributed by atoms with Crippen LogP contribution in [0.1, 0.15) is 0 Å². The van der Waals surface area contributed by atoms with Gasteiger partial charge in [0.05, 0.1) is 33.9 Å². The van der Waals surface area contributed by atoms with Gasteiger partial charge in [-0.3, -0.25) is 0 Å². The summed E-state index contributed by atoms with van der Waals surface area (Å²) >= 11 is 0. The van der Waals surface area contributed by atoms with Gasteiger partial charge in [-0.15, -0.1) is 0 Å². The fraction of sp³-hybridized carbons (Fsp3) is 0.714. The van der Waals surface area contributed by atoms with E-state index in [0.29, 0.717) is 6.61 Å². The number of hydrogen-bond donors (Lipinski definition) is 0. The van der Waals surface area contributed by atoms with Crippen molar-refractivity contribution in [1.82, 2.24) is 0 Å². The van der Waals surface area contributed by atoms with Crippen molar-refractivity contribution < 1.29 is 26.2 Å². The molecule has 0 radical (unpaired) electrons. The van der Waals surface area contributed by atoms with Crippen LogP contribution in [-0.2, 0) is 4.74 Å². The standard InChI is InChI=1S/C7H16NO.BrH/c1-8(2,3)6-5-7-9-4;/h5-6H,7H2,1-4H3;1H/q+1;/p-1. The molecule has 0 aliphatic heterocycles. The number of hydrogen-bond acceptors (Lipinski definition) is 1. The van der Waals surface area contributed by atoms with Crippen LogP contribution in [0.4, 0.5) is 0 Å². The molecule has 0 saturated carbocycles. The predicted molar refractivity (Wildman–Crippen MR) is 39.0 cm³/mol. The third-order valence-electron chi connectivity index (χ3n) is 0.816. The molecule has 0 atom stereocenters.